The SMILES string of the molecule is COc1ccc(-c2cn(CC3CCC(C)(F)CC3)c3cc(-c4c(C)noc4C)cnc23)cn1. The topological polar surface area (TPSA) is 66.0 Å². The Morgan fingerprint density at radius 1 is 1.15 bits per heavy atom. The van der Waals surface area contributed by atoms with Gasteiger partial charge < -0.3 is 13.8 Å². The average Bonchev–Trinajstić information content (AvgIpc) is 3.34. The van der Waals surface area contributed by atoms with Gasteiger partial charge in [-0.1, -0.05) is 5.16 Å². The molecule has 0 N–H and O–H groups in total. The van der Waals surface area contributed by atoms with Crippen LogP contribution in [0.1, 0.15) is 44.1 Å². The van der Waals surface area contributed by atoms with Crippen LogP contribution in [0.2, 0.25) is 0 Å². The lowest BCUT2D eigenvalue weighted by molar-refractivity contribution is 0.0985. The number of rotatable bonds is 5. The Kier molecular flexibility index (Phi) is 5.43. The molecule has 0 spiro atoms. The van der Waals surface area contributed by atoms with Gasteiger partial charge in [-0.15, -0.1) is 0 Å². The van der Waals surface area contributed by atoms with Crippen LogP contribution in [0.5, 0.6) is 5.88 Å². The molecule has 1 aliphatic rings. The summed E-state index contributed by atoms with van der Waals surface area (Å²) in [7, 11) is 1.61. The zero-order chi connectivity index (χ0) is 23.2. The minimum absolute atomic E-state index is 0.439. The molecule has 6 nitrogen and oxygen atoms in total. The molecule has 1 fully saturated rings. The maximum absolute atomic E-state index is 14.4. The monoisotopic (exact) mass is 448 g/mol. The maximum Gasteiger partial charge on any atom is 0.212 e. The third kappa shape index (κ3) is 4.12. The first-order chi connectivity index (χ1) is 15.8. The van der Waals surface area contributed by atoms with Crippen LogP contribution in [0.4, 0.5) is 4.39 Å². The molecule has 4 aromatic heterocycles. The van der Waals surface area contributed by atoms with E-state index in [2.05, 4.69) is 27.0 Å². The number of hydrogen-bond donors (Lipinski definition) is 0. The van der Waals surface area contributed by atoms with Crippen molar-refractivity contribution in [2.24, 2.45) is 5.92 Å². The third-order valence-electron chi connectivity index (χ3n) is 6.90. The van der Waals surface area contributed by atoms with E-state index in [1.807, 2.05) is 38.4 Å². The molecule has 0 saturated heterocycles. The number of aromatic nitrogens is 4. The highest BCUT2D eigenvalue weighted by molar-refractivity contribution is 5.95. The van der Waals surface area contributed by atoms with Gasteiger partial charge in [0.05, 0.1) is 23.8 Å². The summed E-state index contributed by atoms with van der Waals surface area (Å²) >= 11 is 0. The Morgan fingerprint density at radius 2 is 1.91 bits per heavy atom. The van der Waals surface area contributed by atoms with Gasteiger partial charge >= 0.3 is 0 Å². The van der Waals surface area contributed by atoms with Crippen LogP contribution >= 0.6 is 0 Å². The van der Waals surface area contributed by atoms with E-state index in [-0.39, 0.29) is 0 Å². The summed E-state index contributed by atoms with van der Waals surface area (Å²) < 4.78 is 27.2. The average molecular weight is 449 g/mol. The quantitative estimate of drug-likeness (QED) is 0.359. The standard InChI is InChI=1S/C26H29FN4O2/c1-16-24(17(2)33-30-16)20-11-22-25(29-13-20)21(19-5-6-23(32-4)28-12-19)15-31(22)14-18-7-9-26(3,27)10-8-18/h5-6,11-13,15,18H,7-10,14H2,1-4H3. The number of halogens is 1. The summed E-state index contributed by atoms with van der Waals surface area (Å²) in [6.45, 7) is 6.42. The van der Waals surface area contributed by atoms with Gasteiger partial charge in [-0.25, -0.2) is 9.37 Å². The molecular formula is C26H29FN4O2. The summed E-state index contributed by atoms with van der Waals surface area (Å²) in [6, 6.07) is 6.03. The van der Waals surface area contributed by atoms with Gasteiger partial charge in [0.25, 0.3) is 0 Å². The molecule has 5 rings (SSSR count). The molecule has 1 aliphatic carbocycles. The second-order valence-electron chi connectivity index (χ2n) is 9.43. The number of pyridine rings is 2. The number of aryl methyl sites for hydroxylation is 2. The smallest absolute Gasteiger partial charge is 0.212 e. The maximum atomic E-state index is 14.4. The van der Waals surface area contributed by atoms with E-state index in [4.69, 9.17) is 14.2 Å². The number of hydrogen-bond acceptors (Lipinski definition) is 5. The van der Waals surface area contributed by atoms with E-state index < -0.39 is 5.67 Å². The highest BCUT2D eigenvalue weighted by Gasteiger charge is 2.31. The van der Waals surface area contributed by atoms with Crippen LogP contribution in [0.15, 0.2) is 41.3 Å². The van der Waals surface area contributed by atoms with Crippen LogP contribution in [-0.2, 0) is 6.54 Å². The van der Waals surface area contributed by atoms with Crippen LogP contribution in [0, 0.1) is 19.8 Å². The van der Waals surface area contributed by atoms with Crippen LogP contribution in [-0.4, -0.2) is 32.5 Å². The Hall–Kier alpha value is -3.22. The largest absolute Gasteiger partial charge is 0.481 e. The zero-order valence-electron chi connectivity index (χ0n) is 19.6. The van der Waals surface area contributed by atoms with Crippen molar-refractivity contribution < 1.29 is 13.7 Å². The van der Waals surface area contributed by atoms with E-state index in [0.717, 1.165) is 64.1 Å². The van der Waals surface area contributed by atoms with Gasteiger partial charge in [0.2, 0.25) is 5.88 Å². The predicted molar refractivity (Wildman–Crippen MR) is 126 cm³/mol. The minimum Gasteiger partial charge on any atom is -0.481 e. The first kappa shape index (κ1) is 21.6. The summed E-state index contributed by atoms with van der Waals surface area (Å²) in [5, 5.41) is 4.11. The highest BCUT2D eigenvalue weighted by Crippen LogP contribution is 2.38. The fraction of sp³-hybridized carbons (Fsp3) is 0.423. The molecule has 7 heteroatoms. The Labute approximate surface area is 192 Å². The van der Waals surface area contributed by atoms with E-state index in [1.54, 1.807) is 14.0 Å². The first-order valence-electron chi connectivity index (χ1n) is 11.5. The number of ether oxygens (including phenoxy) is 1. The van der Waals surface area contributed by atoms with Crippen molar-refractivity contribution in [1.82, 2.24) is 19.7 Å². The molecule has 0 aromatic carbocycles. The zero-order valence-corrected chi connectivity index (χ0v) is 19.6. The molecule has 0 atom stereocenters. The second kappa shape index (κ2) is 8.28. The molecule has 0 bridgehead atoms. The Morgan fingerprint density at radius 3 is 2.55 bits per heavy atom. The van der Waals surface area contributed by atoms with E-state index in [9.17, 15) is 4.39 Å². The molecule has 0 amide bonds. The normalized spacial score (nSPS) is 20.9. The molecule has 0 aliphatic heterocycles. The number of methoxy groups -OCH3 is 1. The predicted octanol–water partition coefficient (Wildman–Crippen LogP) is 6.30. The summed E-state index contributed by atoms with van der Waals surface area (Å²) in [6.07, 6.45) is 8.88. The van der Waals surface area contributed by atoms with Crippen molar-refractivity contribution in [3.63, 3.8) is 0 Å². The van der Waals surface area contributed by atoms with E-state index >= 15 is 0 Å². The van der Waals surface area contributed by atoms with Crippen molar-refractivity contribution in [3.8, 4) is 28.1 Å². The van der Waals surface area contributed by atoms with E-state index in [0.29, 0.717) is 24.6 Å². The fourth-order valence-corrected chi connectivity index (χ4v) is 4.96. The lowest BCUT2D eigenvalue weighted by Gasteiger charge is -2.31. The molecule has 33 heavy (non-hydrogen) atoms. The molecular weight excluding hydrogens is 419 g/mol. The molecule has 0 radical (unpaired) electrons. The van der Waals surface area contributed by atoms with Gasteiger partial charge in [0.1, 0.15) is 11.4 Å². The van der Waals surface area contributed by atoms with Crippen molar-refractivity contribution >= 4 is 11.0 Å². The Bertz CT molecular complexity index is 1260. The highest BCUT2D eigenvalue weighted by atomic mass is 19.1. The number of fused-ring (bicyclic) bond motifs is 1. The summed E-state index contributed by atoms with van der Waals surface area (Å²) in [4.78, 5) is 9.25. The molecule has 0 unspecified atom stereocenters. The first-order valence-corrected chi connectivity index (χ1v) is 11.5. The van der Waals surface area contributed by atoms with Gasteiger partial charge in [-0.2, -0.15) is 0 Å². The van der Waals surface area contributed by atoms with Gasteiger partial charge in [-0.3, -0.25) is 4.98 Å². The van der Waals surface area contributed by atoms with Crippen molar-refractivity contribution in [2.75, 3.05) is 7.11 Å². The Balaban J connectivity index is 1.59. The summed E-state index contributed by atoms with van der Waals surface area (Å²) in [5.74, 6) is 1.79. The summed E-state index contributed by atoms with van der Waals surface area (Å²) in [5.41, 5.74) is 5.76. The van der Waals surface area contributed by atoms with Crippen LogP contribution in [0.25, 0.3) is 33.3 Å². The molecule has 4 heterocycles. The second-order valence-corrected chi connectivity index (χ2v) is 9.43. The van der Waals surface area contributed by atoms with Crippen LogP contribution in [0.3, 0.4) is 0 Å². The minimum atomic E-state index is -1.03. The van der Waals surface area contributed by atoms with Crippen molar-refractivity contribution in [2.45, 2.75) is 58.7 Å². The van der Waals surface area contributed by atoms with Gasteiger partial charge in [-0.05, 0) is 64.5 Å². The van der Waals surface area contributed by atoms with E-state index in [1.165, 1.54) is 0 Å². The van der Waals surface area contributed by atoms with Crippen LogP contribution < -0.4 is 4.74 Å². The lowest BCUT2D eigenvalue weighted by atomic mass is 9.81. The van der Waals surface area contributed by atoms with Gasteiger partial charge in [0.15, 0.2) is 0 Å². The molecule has 172 valence electrons. The number of nitrogens with zero attached hydrogens (tertiary/aromatic N) is 4. The number of alkyl halides is 1. The van der Waals surface area contributed by atoms with Crippen molar-refractivity contribution in [3.05, 3.63) is 48.2 Å². The third-order valence-corrected chi connectivity index (χ3v) is 6.90. The fourth-order valence-electron chi connectivity index (χ4n) is 4.96. The lowest BCUT2D eigenvalue weighted by Crippen LogP contribution is -2.27. The molecule has 1 saturated carbocycles. The van der Waals surface area contributed by atoms with Gasteiger partial charge in [0, 0.05) is 53.5 Å². The van der Waals surface area contributed by atoms with Crippen molar-refractivity contribution in [1.29, 1.82) is 0 Å². The molecule has 4 aromatic rings.